The van der Waals surface area contributed by atoms with Crippen molar-refractivity contribution in [3.8, 4) is 22.8 Å². The van der Waals surface area contributed by atoms with Crippen molar-refractivity contribution in [2.24, 2.45) is 4.99 Å². The Kier molecular flexibility index (Phi) is 6.72. The zero-order chi connectivity index (χ0) is 22.5. The van der Waals surface area contributed by atoms with Gasteiger partial charge in [-0.15, -0.1) is 17.9 Å². The van der Waals surface area contributed by atoms with E-state index in [1.165, 1.54) is 23.1 Å². The molecule has 1 fully saturated rings. The quantitative estimate of drug-likeness (QED) is 0.359. The molecule has 1 aliphatic rings. The van der Waals surface area contributed by atoms with Crippen LogP contribution in [0.4, 0.5) is 5.13 Å². The normalized spacial score (nSPS) is 16.2. The van der Waals surface area contributed by atoms with Crippen molar-refractivity contribution < 1.29 is 14.6 Å². The average Bonchev–Trinajstić information content (AvgIpc) is 3.38. The molecule has 0 atom stereocenters. The summed E-state index contributed by atoms with van der Waals surface area (Å²) in [5.41, 5.74) is 2.62. The molecule has 8 heteroatoms. The first kappa shape index (κ1) is 21.9. The van der Waals surface area contributed by atoms with Gasteiger partial charge in [0.1, 0.15) is 0 Å². The van der Waals surface area contributed by atoms with Gasteiger partial charge < -0.3 is 9.84 Å². The van der Waals surface area contributed by atoms with Gasteiger partial charge in [-0.3, -0.25) is 9.69 Å². The summed E-state index contributed by atoms with van der Waals surface area (Å²) in [7, 11) is 0. The summed E-state index contributed by atoms with van der Waals surface area (Å²) in [6.07, 6.45) is 3.44. The number of nitrogens with zero attached hydrogens (tertiary/aromatic N) is 3. The highest BCUT2D eigenvalue weighted by molar-refractivity contribution is 8.18. The summed E-state index contributed by atoms with van der Waals surface area (Å²) < 4.78 is 5.44. The second-order valence-corrected chi connectivity index (χ2v) is 8.60. The molecule has 0 unspecified atom stereocenters. The van der Waals surface area contributed by atoms with Crippen LogP contribution in [0.3, 0.4) is 0 Å². The van der Waals surface area contributed by atoms with Crippen LogP contribution in [-0.4, -0.2) is 39.2 Å². The molecule has 3 aromatic rings. The molecule has 2 heterocycles. The Morgan fingerprint density at radius 3 is 2.81 bits per heavy atom. The van der Waals surface area contributed by atoms with Gasteiger partial charge in [0.2, 0.25) is 5.13 Å². The van der Waals surface area contributed by atoms with Crippen LogP contribution in [0.2, 0.25) is 0 Å². The monoisotopic (exact) mass is 463 g/mol. The maximum absolute atomic E-state index is 13.0. The summed E-state index contributed by atoms with van der Waals surface area (Å²) in [6.45, 7) is 6.39. The molecule has 32 heavy (non-hydrogen) atoms. The lowest BCUT2D eigenvalue weighted by atomic mass is 10.2. The number of hydrogen-bond acceptors (Lipinski definition) is 7. The van der Waals surface area contributed by atoms with E-state index < -0.39 is 0 Å². The lowest BCUT2D eigenvalue weighted by molar-refractivity contribution is -0.121. The number of ether oxygens (including phenoxy) is 1. The molecule has 0 spiro atoms. The number of thioether (sulfide) groups is 1. The third-order valence-corrected chi connectivity index (χ3v) is 6.28. The van der Waals surface area contributed by atoms with Crippen LogP contribution >= 0.6 is 23.1 Å². The van der Waals surface area contributed by atoms with E-state index in [1.807, 2.05) is 42.6 Å². The second kappa shape index (κ2) is 9.84. The number of amidine groups is 1. The minimum atomic E-state index is -0.153. The van der Waals surface area contributed by atoms with Crippen molar-refractivity contribution in [2.75, 3.05) is 13.2 Å². The molecular weight excluding hydrogens is 442 g/mol. The van der Waals surface area contributed by atoms with Crippen LogP contribution in [0.25, 0.3) is 17.3 Å². The van der Waals surface area contributed by atoms with Crippen LogP contribution in [0, 0.1) is 0 Å². The van der Waals surface area contributed by atoms with Gasteiger partial charge in [0, 0.05) is 17.5 Å². The molecule has 6 nitrogen and oxygen atoms in total. The van der Waals surface area contributed by atoms with Crippen LogP contribution in [0.5, 0.6) is 11.5 Å². The number of carbonyl (C=O) groups excluding carboxylic acids is 1. The molecule has 162 valence electrons. The Hall–Kier alpha value is -3.36. The maximum Gasteiger partial charge on any atom is 0.267 e. The van der Waals surface area contributed by atoms with E-state index in [4.69, 9.17) is 4.74 Å². The fourth-order valence-electron chi connectivity index (χ4n) is 3.06. The molecule has 4 rings (SSSR count). The SMILES string of the molecule is C=CCN1C(=O)/C(=C/c2ccc(O)c(OCC)c2)S/C1=N/c1nc(-c2ccccc2)cs1. The van der Waals surface area contributed by atoms with Crippen molar-refractivity contribution in [2.45, 2.75) is 6.92 Å². The number of carbonyl (C=O) groups is 1. The molecule has 1 amide bonds. The summed E-state index contributed by atoms with van der Waals surface area (Å²) in [4.78, 5) is 24.4. The zero-order valence-corrected chi connectivity index (χ0v) is 19.0. The van der Waals surface area contributed by atoms with Gasteiger partial charge in [-0.25, -0.2) is 4.98 Å². The number of rotatable bonds is 7. The van der Waals surface area contributed by atoms with Crippen molar-refractivity contribution in [3.63, 3.8) is 0 Å². The maximum atomic E-state index is 13.0. The van der Waals surface area contributed by atoms with Crippen molar-refractivity contribution in [3.05, 3.63) is 77.0 Å². The van der Waals surface area contributed by atoms with Crippen molar-refractivity contribution in [1.82, 2.24) is 9.88 Å². The molecule has 2 aromatic carbocycles. The van der Waals surface area contributed by atoms with Crippen LogP contribution in [-0.2, 0) is 4.79 Å². The van der Waals surface area contributed by atoms with E-state index in [0.29, 0.717) is 34.1 Å². The van der Waals surface area contributed by atoms with Gasteiger partial charge in [-0.2, -0.15) is 4.99 Å². The van der Waals surface area contributed by atoms with Crippen molar-refractivity contribution >= 4 is 45.4 Å². The van der Waals surface area contributed by atoms with E-state index >= 15 is 0 Å². The predicted molar refractivity (Wildman–Crippen MR) is 131 cm³/mol. The Morgan fingerprint density at radius 1 is 1.25 bits per heavy atom. The van der Waals surface area contributed by atoms with Gasteiger partial charge in [0.05, 0.1) is 17.2 Å². The molecule has 0 saturated carbocycles. The first-order valence-corrected chi connectivity index (χ1v) is 11.7. The summed E-state index contributed by atoms with van der Waals surface area (Å²) in [6, 6.07) is 14.9. The standard InChI is InChI=1S/C24H21N3O3S2/c1-3-12-27-22(29)21(14-16-10-11-19(28)20(13-16)30-4-2)32-24(27)26-23-25-18(15-31-23)17-8-6-5-7-9-17/h3,5-11,13-15,28H,1,4,12H2,2H3/b21-14-,26-24+. The van der Waals surface area contributed by atoms with E-state index in [0.717, 1.165) is 16.8 Å². The Bertz CT molecular complexity index is 1200. The Balaban J connectivity index is 1.63. The highest BCUT2D eigenvalue weighted by Crippen LogP contribution is 2.36. The molecule has 1 aromatic heterocycles. The molecule has 0 radical (unpaired) electrons. The average molecular weight is 464 g/mol. The number of amides is 1. The predicted octanol–water partition coefficient (Wildman–Crippen LogP) is 5.70. The van der Waals surface area contributed by atoms with Gasteiger partial charge in [0.15, 0.2) is 16.7 Å². The zero-order valence-electron chi connectivity index (χ0n) is 17.4. The van der Waals surface area contributed by atoms with Gasteiger partial charge in [0.25, 0.3) is 5.91 Å². The molecule has 1 N–H and O–H groups in total. The summed E-state index contributed by atoms with van der Waals surface area (Å²) in [5, 5.41) is 13.0. The smallest absolute Gasteiger partial charge is 0.267 e. The number of aromatic hydroxyl groups is 1. The minimum absolute atomic E-state index is 0.0629. The van der Waals surface area contributed by atoms with E-state index in [2.05, 4.69) is 16.6 Å². The molecular formula is C24H21N3O3S2. The fraction of sp³-hybridized carbons (Fsp3) is 0.125. The van der Waals surface area contributed by atoms with E-state index in [1.54, 1.807) is 35.3 Å². The summed E-state index contributed by atoms with van der Waals surface area (Å²) in [5.74, 6) is 0.290. The number of hydrogen-bond donors (Lipinski definition) is 1. The largest absolute Gasteiger partial charge is 0.504 e. The molecule has 1 saturated heterocycles. The third kappa shape index (κ3) is 4.76. The van der Waals surface area contributed by atoms with Crippen molar-refractivity contribution in [1.29, 1.82) is 0 Å². The lowest BCUT2D eigenvalue weighted by Gasteiger charge is -2.11. The minimum Gasteiger partial charge on any atom is -0.504 e. The topological polar surface area (TPSA) is 75.0 Å². The fourth-order valence-corrected chi connectivity index (χ4v) is 4.81. The van der Waals surface area contributed by atoms with Gasteiger partial charge in [-0.05, 0) is 42.5 Å². The second-order valence-electron chi connectivity index (χ2n) is 6.75. The van der Waals surface area contributed by atoms with E-state index in [9.17, 15) is 9.90 Å². The van der Waals surface area contributed by atoms with Crippen LogP contribution < -0.4 is 4.74 Å². The van der Waals surface area contributed by atoms with Crippen LogP contribution in [0.1, 0.15) is 12.5 Å². The number of aliphatic imine (C=N–C) groups is 1. The van der Waals surface area contributed by atoms with Gasteiger partial charge >= 0.3 is 0 Å². The Labute approximate surface area is 194 Å². The van der Waals surface area contributed by atoms with E-state index in [-0.39, 0.29) is 11.7 Å². The third-order valence-electron chi connectivity index (χ3n) is 4.53. The van der Waals surface area contributed by atoms with Crippen LogP contribution in [0.15, 0.2) is 76.5 Å². The number of phenolic OH excluding ortho intramolecular Hbond substituents is 1. The number of aromatic nitrogens is 1. The summed E-state index contributed by atoms with van der Waals surface area (Å²) >= 11 is 2.72. The van der Waals surface area contributed by atoms with Gasteiger partial charge in [-0.1, -0.05) is 42.5 Å². The molecule has 0 bridgehead atoms. The number of phenols is 1. The first-order chi connectivity index (χ1) is 15.6. The highest BCUT2D eigenvalue weighted by Gasteiger charge is 2.33. The Morgan fingerprint density at radius 2 is 2.06 bits per heavy atom. The highest BCUT2D eigenvalue weighted by atomic mass is 32.2. The lowest BCUT2D eigenvalue weighted by Crippen LogP contribution is -2.29. The first-order valence-electron chi connectivity index (χ1n) is 9.96. The molecule has 0 aliphatic carbocycles. The number of thiazole rings is 1. The molecule has 1 aliphatic heterocycles. The number of benzene rings is 2.